The van der Waals surface area contributed by atoms with Crippen molar-refractivity contribution in [3.05, 3.63) is 28.2 Å². The molecule has 148 valence electrons. The molecule has 1 N–H and O–H groups in total. The number of likely N-dealkylation sites (tertiary alicyclic amines) is 1. The van der Waals surface area contributed by atoms with Crippen molar-refractivity contribution in [3.63, 3.8) is 0 Å². The Labute approximate surface area is 167 Å². The normalized spacial score (nSPS) is 16.8. The Morgan fingerprint density at radius 3 is 2.44 bits per heavy atom. The summed E-state index contributed by atoms with van der Waals surface area (Å²) < 4.78 is 10.4. The molecular formula is C18H22Cl2N2O5. The molecule has 27 heavy (non-hydrogen) atoms. The Balaban J connectivity index is 1.90. The zero-order valence-electron chi connectivity index (χ0n) is 15.4. The van der Waals surface area contributed by atoms with Crippen LogP contribution in [0.2, 0.25) is 10.0 Å². The van der Waals surface area contributed by atoms with Crippen LogP contribution in [0.15, 0.2) is 18.2 Å². The van der Waals surface area contributed by atoms with Gasteiger partial charge >= 0.3 is 12.1 Å². The summed E-state index contributed by atoms with van der Waals surface area (Å²) in [6, 6.07) is 4.03. The molecule has 0 aliphatic carbocycles. The molecule has 2 rings (SSSR count). The maximum Gasteiger partial charge on any atom is 0.411 e. The van der Waals surface area contributed by atoms with E-state index < -0.39 is 36.2 Å². The molecule has 7 nitrogen and oxygen atoms in total. The molecular weight excluding hydrogens is 395 g/mol. The van der Waals surface area contributed by atoms with Gasteiger partial charge in [0.05, 0.1) is 15.7 Å². The second-order valence-electron chi connectivity index (χ2n) is 7.08. The van der Waals surface area contributed by atoms with E-state index in [0.717, 1.165) is 0 Å². The third-order valence-corrected chi connectivity index (χ3v) is 4.36. The first-order valence-corrected chi connectivity index (χ1v) is 9.24. The zero-order chi connectivity index (χ0) is 20.2. The first-order chi connectivity index (χ1) is 12.6. The Bertz CT molecular complexity index is 713. The Morgan fingerprint density at radius 2 is 1.85 bits per heavy atom. The molecule has 1 aliphatic rings. The van der Waals surface area contributed by atoms with Crippen LogP contribution in [0.1, 0.15) is 33.6 Å². The summed E-state index contributed by atoms with van der Waals surface area (Å²) in [7, 11) is 0. The fourth-order valence-corrected chi connectivity index (χ4v) is 3.07. The molecule has 0 aromatic heterocycles. The largest absolute Gasteiger partial charge is 0.454 e. The van der Waals surface area contributed by atoms with Crippen LogP contribution in [0.5, 0.6) is 0 Å². The van der Waals surface area contributed by atoms with Gasteiger partial charge in [-0.2, -0.15) is 0 Å². The first-order valence-electron chi connectivity index (χ1n) is 8.48. The van der Waals surface area contributed by atoms with Crippen molar-refractivity contribution in [2.45, 2.75) is 45.3 Å². The highest BCUT2D eigenvalue weighted by atomic mass is 35.5. The SMILES string of the molecule is CC(C)(C)OC(=O)N1CCC[C@H]1C(=O)OCC(=O)Nc1c(Cl)cccc1Cl. The summed E-state index contributed by atoms with van der Waals surface area (Å²) in [5.74, 6) is -1.24. The van der Waals surface area contributed by atoms with Gasteiger partial charge in [0.2, 0.25) is 0 Å². The molecule has 1 atom stereocenters. The molecule has 1 aromatic rings. The van der Waals surface area contributed by atoms with Gasteiger partial charge in [-0.3, -0.25) is 9.69 Å². The van der Waals surface area contributed by atoms with Gasteiger partial charge in [0.1, 0.15) is 11.6 Å². The number of rotatable bonds is 4. The number of para-hydroxylation sites is 1. The molecule has 2 amide bonds. The lowest BCUT2D eigenvalue weighted by Crippen LogP contribution is -2.44. The lowest BCUT2D eigenvalue weighted by Gasteiger charge is -2.27. The Kier molecular flexibility index (Phi) is 6.95. The minimum Gasteiger partial charge on any atom is -0.454 e. The standard InChI is InChI=1S/C18H22Cl2N2O5/c1-18(2,3)27-17(25)22-9-5-8-13(22)16(24)26-10-14(23)21-15-11(19)6-4-7-12(15)20/h4,6-7,13H,5,8-10H2,1-3H3,(H,21,23)/t13-/m0/s1. The molecule has 1 aliphatic heterocycles. The Hall–Kier alpha value is -1.99. The maximum atomic E-state index is 12.3. The number of hydrogen-bond acceptors (Lipinski definition) is 5. The van der Waals surface area contributed by atoms with Gasteiger partial charge in [-0.05, 0) is 45.7 Å². The van der Waals surface area contributed by atoms with E-state index in [9.17, 15) is 14.4 Å². The molecule has 1 fully saturated rings. The molecule has 0 bridgehead atoms. The van der Waals surface area contributed by atoms with Crippen molar-refractivity contribution < 1.29 is 23.9 Å². The zero-order valence-corrected chi connectivity index (χ0v) is 16.9. The van der Waals surface area contributed by atoms with Crippen molar-refractivity contribution in [1.82, 2.24) is 4.90 Å². The molecule has 1 aromatic carbocycles. The molecule has 0 unspecified atom stereocenters. The molecule has 1 saturated heterocycles. The van der Waals surface area contributed by atoms with E-state index in [1.807, 2.05) is 0 Å². The third-order valence-electron chi connectivity index (χ3n) is 3.73. The fourth-order valence-electron chi connectivity index (χ4n) is 2.58. The average Bonchev–Trinajstić information content (AvgIpc) is 3.04. The molecule has 0 saturated carbocycles. The molecule has 0 spiro atoms. The summed E-state index contributed by atoms with van der Waals surface area (Å²) >= 11 is 12.0. The van der Waals surface area contributed by atoms with Crippen molar-refractivity contribution in [2.24, 2.45) is 0 Å². The number of nitrogens with zero attached hydrogens (tertiary/aromatic N) is 1. The van der Waals surface area contributed by atoms with Gasteiger partial charge in [0.15, 0.2) is 6.61 Å². The number of nitrogens with one attached hydrogen (secondary N) is 1. The Morgan fingerprint density at radius 1 is 1.22 bits per heavy atom. The highest BCUT2D eigenvalue weighted by Crippen LogP contribution is 2.29. The topological polar surface area (TPSA) is 84.9 Å². The third kappa shape index (κ3) is 6.01. The average molecular weight is 417 g/mol. The van der Waals surface area contributed by atoms with Gasteiger partial charge in [-0.1, -0.05) is 29.3 Å². The van der Waals surface area contributed by atoms with E-state index in [1.165, 1.54) is 4.90 Å². The summed E-state index contributed by atoms with van der Waals surface area (Å²) in [5, 5.41) is 3.05. The maximum absolute atomic E-state index is 12.3. The number of carbonyl (C=O) groups is 3. The summed E-state index contributed by atoms with van der Waals surface area (Å²) in [4.78, 5) is 37.9. The van der Waals surface area contributed by atoms with Crippen LogP contribution in [0.25, 0.3) is 0 Å². The van der Waals surface area contributed by atoms with Crippen molar-refractivity contribution in [1.29, 1.82) is 0 Å². The number of esters is 1. The van der Waals surface area contributed by atoms with Crippen LogP contribution in [0.3, 0.4) is 0 Å². The van der Waals surface area contributed by atoms with Gasteiger partial charge in [0.25, 0.3) is 5.91 Å². The van der Waals surface area contributed by atoms with Crippen LogP contribution < -0.4 is 5.32 Å². The van der Waals surface area contributed by atoms with E-state index in [2.05, 4.69) is 5.32 Å². The van der Waals surface area contributed by atoms with E-state index in [4.69, 9.17) is 32.7 Å². The number of ether oxygens (including phenoxy) is 2. The number of hydrogen-bond donors (Lipinski definition) is 1. The number of amides is 2. The second-order valence-corrected chi connectivity index (χ2v) is 7.90. The van der Waals surface area contributed by atoms with E-state index >= 15 is 0 Å². The van der Waals surface area contributed by atoms with Gasteiger partial charge in [-0.25, -0.2) is 9.59 Å². The number of benzene rings is 1. The highest BCUT2D eigenvalue weighted by Gasteiger charge is 2.37. The summed E-state index contributed by atoms with van der Waals surface area (Å²) in [6.07, 6.45) is 0.533. The van der Waals surface area contributed by atoms with Crippen LogP contribution in [0.4, 0.5) is 10.5 Å². The predicted molar refractivity (Wildman–Crippen MR) is 102 cm³/mol. The summed E-state index contributed by atoms with van der Waals surface area (Å²) in [5.41, 5.74) is -0.416. The molecule has 1 heterocycles. The van der Waals surface area contributed by atoms with Crippen LogP contribution in [0, 0.1) is 0 Å². The van der Waals surface area contributed by atoms with Crippen LogP contribution in [-0.4, -0.2) is 47.7 Å². The predicted octanol–water partition coefficient (Wildman–Crippen LogP) is 3.87. The van der Waals surface area contributed by atoms with Gasteiger partial charge in [0, 0.05) is 6.54 Å². The van der Waals surface area contributed by atoms with Gasteiger partial charge in [-0.15, -0.1) is 0 Å². The molecule has 0 radical (unpaired) electrons. The first kappa shape index (κ1) is 21.3. The van der Waals surface area contributed by atoms with Crippen molar-refractivity contribution in [2.75, 3.05) is 18.5 Å². The monoisotopic (exact) mass is 416 g/mol. The number of halogens is 2. The van der Waals surface area contributed by atoms with E-state index in [0.29, 0.717) is 19.4 Å². The minimum atomic E-state index is -0.767. The van der Waals surface area contributed by atoms with Crippen molar-refractivity contribution >= 4 is 46.9 Å². The van der Waals surface area contributed by atoms with E-state index in [-0.39, 0.29) is 15.7 Å². The summed E-state index contributed by atoms with van der Waals surface area (Å²) in [6.45, 7) is 5.13. The lowest BCUT2D eigenvalue weighted by molar-refractivity contribution is -0.151. The number of carbonyl (C=O) groups excluding carboxylic acids is 3. The minimum absolute atomic E-state index is 0.248. The van der Waals surface area contributed by atoms with Crippen LogP contribution in [-0.2, 0) is 19.1 Å². The van der Waals surface area contributed by atoms with Gasteiger partial charge < -0.3 is 14.8 Å². The smallest absolute Gasteiger partial charge is 0.411 e. The highest BCUT2D eigenvalue weighted by molar-refractivity contribution is 6.39. The van der Waals surface area contributed by atoms with E-state index in [1.54, 1.807) is 39.0 Å². The molecule has 9 heteroatoms. The van der Waals surface area contributed by atoms with Crippen LogP contribution >= 0.6 is 23.2 Å². The van der Waals surface area contributed by atoms with Crippen molar-refractivity contribution in [3.8, 4) is 0 Å². The number of anilines is 1. The second kappa shape index (κ2) is 8.80. The lowest BCUT2D eigenvalue weighted by atomic mass is 10.2. The quantitative estimate of drug-likeness (QED) is 0.752. The fraction of sp³-hybridized carbons (Fsp3) is 0.500.